The quantitative estimate of drug-likeness (QED) is 0.556. The zero-order chi connectivity index (χ0) is 17.4. The number of nitrogens with one attached hydrogen (secondary N) is 1. The van der Waals surface area contributed by atoms with Gasteiger partial charge >= 0.3 is 0 Å². The lowest BCUT2D eigenvalue weighted by atomic mass is 9.97. The lowest BCUT2D eigenvalue weighted by Gasteiger charge is -2.14. The number of methoxy groups -OCH3 is 1. The summed E-state index contributed by atoms with van der Waals surface area (Å²) in [7, 11) is 1.54. The van der Waals surface area contributed by atoms with Gasteiger partial charge in [0.1, 0.15) is 22.7 Å². The molecule has 0 atom stereocenters. The average Bonchev–Trinajstić information content (AvgIpc) is 3.01. The molecular formula is C17H16N4O3S. The van der Waals surface area contributed by atoms with E-state index in [1.807, 2.05) is 0 Å². The zero-order valence-corrected chi connectivity index (χ0v) is 14.4. The molecule has 7 nitrogen and oxygen atoms in total. The maximum absolute atomic E-state index is 11.1. The summed E-state index contributed by atoms with van der Waals surface area (Å²) < 4.78 is 5.33. The van der Waals surface area contributed by atoms with Gasteiger partial charge in [-0.25, -0.2) is 9.97 Å². The molecule has 2 aromatic heterocycles. The highest BCUT2D eigenvalue weighted by Crippen LogP contribution is 2.40. The summed E-state index contributed by atoms with van der Waals surface area (Å²) in [6.45, 7) is 0. The van der Waals surface area contributed by atoms with Gasteiger partial charge in [0.2, 0.25) is 0 Å². The number of hydrogen-bond acceptors (Lipinski definition) is 7. The molecule has 0 saturated heterocycles. The Morgan fingerprint density at radius 3 is 2.92 bits per heavy atom. The summed E-state index contributed by atoms with van der Waals surface area (Å²) in [5, 5.41) is 15.3. The molecule has 0 aliphatic heterocycles. The van der Waals surface area contributed by atoms with Gasteiger partial charge in [-0.1, -0.05) is 0 Å². The van der Waals surface area contributed by atoms with Crippen LogP contribution in [0.5, 0.6) is 5.75 Å². The fraction of sp³-hybridized carbons (Fsp3) is 0.294. The van der Waals surface area contributed by atoms with Crippen LogP contribution in [0.4, 0.5) is 17.2 Å². The van der Waals surface area contributed by atoms with Gasteiger partial charge in [-0.15, -0.1) is 11.3 Å². The summed E-state index contributed by atoms with van der Waals surface area (Å²) in [5.74, 6) is 1.20. The maximum Gasteiger partial charge on any atom is 0.271 e. The van der Waals surface area contributed by atoms with Gasteiger partial charge in [-0.05, 0) is 37.3 Å². The molecule has 1 aliphatic carbocycles. The fourth-order valence-corrected chi connectivity index (χ4v) is 4.45. The van der Waals surface area contributed by atoms with Crippen molar-refractivity contribution in [3.63, 3.8) is 0 Å². The van der Waals surface area contributed by atoms with Crippen molar-refractivity contribution in [2.24, 2.45) is 0 Å². The lowest BCUT2D eigenvalue weighted by Crippen LogP contribution is -2.02. The SMILES string of the molecule is COc1ccc([N+](=O)[O-])cc1Nc1ncnc2sc3c(c12)CCCC3. The van der Waals surface area contributed by atoms with Crippen molar-refractivity contribution in [1.82, 2.24) is 9.97 Å². The summed E-state index contributed by atoms with van der Waals surface area (Å²) in [4.78, 5) is 21.8. The minimum absolute atomic E-state index is 0.000877. The van der Waals surface area contributed by atoms with Crippen LogP contribution in [0.25, 0.3) is 10.2 Å². The average molecular weight is 356 g/mol. The van der Waals surface area contributed by atoms with Crippen LogP contribution in [0, 0.1) is 10.1 Å². The van der Waals surface area contributed by atoms with E-state index in [0.29, 0.717) is 17.3 Å². The third kappa shape index (κ3) is 2.78. The number of benzene rings is 1. The molecule has 1 N–H and O–H groups in total. The van der Waals surface area contributed by atoms with Crippen LogP contribution < -0.4 is 10.1 Å². The van der Waals surface area contributed by atoms with Gasteiger partial charge in [-0.3, -0.25) is 10.1 Å². The molecule has 0 bridgehead atoms. The van der Waals surface area contributed by atoms with Gasteiger partial charge < -0.3 is 10.1 Å². The molecule has 128 valence electrons. The Morgan fingerprint density at radius 2 is 2.12 bits per heavy atom. The Labute approximate surface area is 147 Å². The Kier molecular flexibility index (Phi) is 3.96. The number of anilines is 2. The molecule has 0 radical (unpaired) electrons. The van der Waals surface area contributed by atoms with Crippen molar-refractivity contribution in [3.05, 3.63) is 45.1 Å². The van der Waals surface area contributed by atoms with E-state index in [1.165, 1.54) is 42.4 Å². The number of fused-ring (bicyclic) bond motifs is 3. The molecular weight excluding hydrogens is 340 g/mol. The van der Waals surface area contributed by atoms with Crippen LogP contribution >= 0.6 is 11.3 Å². The molecule has 0 spiro atoms. The van der Waals surface area contributed by atoms with Gasteiger partial charge in [0, 0.05) is 17.0 Å². The molecule has 2 heterocycles. The molecule has 0 unspecified atom stereocenters. The molecule has 1 aromatic carbocycles. The van der Waals surface area contributed by atoms with E-state index in [2.05, 4.69) is 15.3 Å². The molecule has 0 amide bonds. The van der Waals surface area contributed by atoms with Crippen LogP contribution in [-0.4, -0.2) is 22.0 Å². The first-order chi connectivity index (χ1) is 12.2. The molecule has 25 heavy (non-hydrogen) atoms. The second-order valence-electron chi connectivity index (χ2n) is 5.88. The smallest absolute Gasteiger partial charge is 0.271 e. The second kappa shape index (κ2) is 6.29. The van der Waals surface area contributed by atoms with Gasteiger partial charge in [-0.2, -0.15) is 0 Å². The number of hydrogen-bond donors (Lipinski definition) is 1. The van der Waals surface area contributed by atoms with Crippen LogP contribution in [0.3, 0.4) is 0 Å². The van der Waals surface area contributed by atoms with Crippen molar-refractivity contribution < 1.29 is 9.66 Å². The number of nitro groups is 1. The largest absolute Gasteiger partial charge is 0.495 e. The lowest BCUT2D eigenvalue weighted by molar-refractivity contribution is -0.384. The zero-order valence-electron chi connectivity index (χ0n) is 13.6. The van der Waals surface area contributed by atoms with Gasteiger partial charge in [0.25, 0.3) is 5.69 Å². The number of non-ortho nitro benzene ring substituents is 1. The van der Waals surface area contributed by atoms with E-state index in [0.717, 1.165) is 29.5 Å². The third-order valence-corrected chi connectivity index (χ3v) is 5.60. The van der Waals surface area contributed by atoms with Crippen LogP contribution in [-0.2, 0) is 12.8 Å². The van der Waals surface area contributed by atoms with Crippen molar-refractivity contribution in [1.29, 1.82) is 0 Å². The minimum atomic E-state index is -0.424. The number of aromatic nitrogens is 2. The minimum Gasteiger partial charge on any atom is -0.495 e. The predicted octanol–water partition coefficient (Wildman–Crippen LogP) is 4.23. The molecule has 0 fully saturated rings. The molecule has 4 rings (SSSR count). The second-order valence-corrected chi connectivity index (χ2v) is 6.96. The fourth-order valence-electron chi connectivity index (χ4n) is 3.22. The summed E-state index contributed by atoms with van der Waals surface area (Å²) in [6.07, 6.45) is 5.98. The Balaban J connectivity index is 1.82. The van der Waals surface area contributed by atoms with Crippen LogP contribution in [0.15, 0.2) is 24.5 Å². The Hall–Kier alpha value is -2.74. The first kappa shape index (κ1) is 15.8. The van der Waals surface area contributed by atoms with Crippen molar-refractivity contribution in [3.8, 4) is 5.75 Å². The van der Waals surface area contributed by atoms with Gasteiger partial charge in [0.05, 0.1) is 23.1 Å². The van der Waals surface area contributed by atoms with E-state index >= 15 is 0 Å². The van der Waals surface area contributed by atoms with Crippen LogP contribution in [0.2, 0.25) is 0 Å². The van der Waals surface area contributed by atoms with Crippen molar-refractivity contribution in [2.75, 3.05) is 12.4 Å². The van der Waals surface area contributed by atoms with Crippen molar-refractivity contribution >= 4 is 38.7 Å². The standard InChI is InChI=1S/C17H16N4O3S/c1-24-13-7-6-10(21(22)23)8-12(13)20-16-15-11-4-2-3-5-14(11)25-17(15)19-9-18-16/h6-9H,2-5H2,1H3,(H,18,19,20). The number of rotatable bonds is 4. The number of ether oxygens (including phenoxy) is 1. The monoisotopic (exact) mass is 356 g/mol. The normalized spacial score (nSPS) is 13.5. The summed E-state index contributed by atoms with van der Waals surface area (Å²) in [5.41, 5.74) is 1.83. The van der Waals surface area contributed by atoms with Gasteiger partial charge in [0.15, 0.2) is 0 Å². The topological polar surface area (TPSA) is 90.2 Å². The molecule has 3 aromatic rings. The van der Waals surface area contributed by atoms with E-state index in [9.17, 15) is 10.1 Å². The number of nitrogens with zero attached hydrogens (tertiary/aromatic N) is 3. The highest BCUT2D eigenvalue weighted by atomic mass is 32.1. The number of nitro benzene ring substituents is 1. The highest BCUT2D eigenvalue weighted by molar-refractivity contribution is 7.19. The third-order valence-electron chi connectivity index (χ3n) is 4.40. The number of thiophene rings is 1. The Morgan fingerprint density at radius 1 is 1.28 bits per heavy atom. The van der Waals surface area contributed by atoms with Crippen LogP contribution in [0.1, 0.15) is 23.3 Å². The first-order valence-corrected chi connectivity index (χ1v) is 8.83. The summed E-state index contributed by atoms with van der Waals surface area (Å²) in [6, 6.07) is 4.47. The van der Waals surface area contributed by atoms with E-state index in [4.69, 9.17) is 4.74 Å². The molecule has 1 aliphatic rings. The predicted molar refractivity (Wildman–Crippen MR) is 97.0 cm³/mol. The molecule has 8 heteroatoms. The Bertz CT molecular complexity index is 970. The van der Waals surface area contributed by atoms with E-state index in [-0.39, 0.29) is 5.69 Å². The maximum atomic E-state index is 11.1. The van der Waals surface area contributed by atoms with E-state index < -0.39 is 4.92 Å². The molecule has 0 saturated carbocycles. The van der Waals surface area contributed by atoms with Crippen molar-refractivity contribution in [2.45, 2.75) is 25.7 Å². The highest BCUT2D eigenvalue weighted by Gasteiger charge is 2.21. The first-order valence-electron chi connectivity index (χ1n) is 8.02. The summed E-state index contributed by atoms with van der Waals surface area (Å²) >= 11 is 1.71. The number of aryl methyl sites for hydroxylation is 2. The van der Waals surface area contributed by atoms with E-state index in [1.54, 1.807) is 17.4 Å².